The average molecular weight is 159 g/mol. The van der Waals surface area contributed by atoms with Crippen LogP contribution in [0.2, 0.25) is 0 Å². The minimum atomic E-state index is -0.583. The highest BCUT2D eigenvalue weighted by Gasteiger charge is 2.01. The highest BCUT2D eigenvalue weighted by atomic mass is 16.6. The predicted molar refractivity (Wildman–Crippen MR) is 38.0 cm³/mol. The summed E-state index contributed by atoms with van der Waals surface area (Å²) in [5, 5.41) is 17.3. The number of aromatic nitrogens is 2. The highest BCUT2D eigenvalue weighted by molar-refractivity contribution is 5.00. The third-order valence-electron chi connectivity index (χ3n) is 0.657. The van der Waals surface area contributed by atoms with Crippen molar-refractivity contribution in [1.82, 2.24) is 9.97 Å². The first-order chi connectivity index (χ1) is 5.22. The number of nitrogens with one attached hydrogen (secondary N) is 1. The zero-order valence-electron chi connectivity index (χ0n) is 6.02. The van der Waals surface area contributed by atoms with Crippen molar-refractivity contribution in [2.75, 3.05) is 6.61 Å². The number of aromatic amines is 1. The number of nitro groups is 1. The van der Waals surface area contributed by atoms with Crippen LogP contribution in [0.25, 0.3) is 0 Å². The zero-order valence-corrected chi connectivity index (χ0v) is 6.02. The lowest BCUT2D eigenvalue weighted by molar-refractivity contribution is -0.393. The maximum atomic E-state index is 9.77. The van der Waals surface area contributed by atoms with Crippen molar-refractivity contribution in [1.29, 1.82) is 0 Å². The van der Waals surface area contributed by atoms with Crippen LogP contribution in [0.15, 0.2) is 12.4 Å². The van der Waals surface area contributed by atoms with E-state index in [-0.39, 0.29) is 12.6 Å². The van der Waals surface area contributed by atoms with Gasteiger partial charge >= 0.3 is 5.95 Å². The molecule has 0 spiro atoms. The van der Waals surface area contributed by atoms with Gasteiger partial charge in [-0.3, -0.25) is 0 Å². The van der Waals surface area contributed by atoms with E-state index in [0.29, 0.717) is 0 Å². The third-order valence-corrected chi connectivity index (χ3v) is 0.657. The molecule has 1 heterocycles. The fraction of sp³-hybridized carbons (Fsp3) is 0.400. The number of H-pyrrole nitrogens is 1. The van der Waals surface area contributed by atoms with Gasteiger partial charge in [0.05, 0.1) is 6.20 Å². The van der Waals surface area contributed by atoms with Gasteiger partial charge < -0.3 is 15.2 Å². The number of hydrogen-bond acceptors (Lipinski definition) is 4. The largest absolute Gasteiger partial charge is 0.432 e. The van der Waals surface area contributed by atoms with Crippen LogP contribution in [0.3, 0.4) is 0 Å². The van der Waals surface area contributed by atoms with Crippen LogP contribution in [0.5, 0.6) is 0 Å². The highest BCUT2D eigenvalue weighted by Crippen LogP contribution is 1.96. The lowest BCUT2D eigenvalue weighted by atomic mass is 10.9. The van der Waals surface area contributed by atoms with Crippen molar-refractivity contribution in [3.63, 3.8) is 0 Å². The topological polar surface area (TPSA) is 92.0 Å². The van der Waals surface area contributed by atoms with Gasteiger partial charge in [0.15, 0.2) is 0 Å². The Labute approximate surface area is 63.0 Å². The van der Waals surface area contributed by atoms with Crippen LogP contribution in [-0.2, 0) is 0 Å². The molecule has 1 aromatic rings. The molecule has 0 fully saturated rings. The van der Waals surface area contributed by atoms with Gasteiger partial charge in [-0.05, 0) is 11.8 Å². The van der Waals surface area contributed by atoms with Gasteiger partial charge in [0.1, 0.15) is 6.20 Å². The molecule has 0 atom stereocenters. The zero-order chi connectivity index (χ0) is 8.69. The number of rotatable bonds is 1. The smallest absolute Gasteiger partial charge is 0.397 e. The Bertz CT molecular complexity index is 197. The molecular formula is C5H9N3O3. The van der Waals surface area contributed by atoms with E-state index in [1.807, 2.05) is 0 Å². The number of nitrogens with zero attached hydrogens (tertiary/aromatic N) is 2. The van der Waals surface area contributed by atoms with Crippen LogP contribution < -0.4 is 0 Å². The van der Waals surface area contributed by atoms with Crippen molar-refractivity contribution in [2.24, 2.45) is 0 Å². The van der Waals surface area contributed by atoms with E-state index >= 15 is 0 Å². The third kappa shape index (κ3) is 4.04. The molecule has 0 aliphatic carbocycles. The van der Waals surface area contributed by atoms with E-state index in [0.717, 1.165) is 0 Å². The lowest BCUT2D eigenvalue weighted by Gasteiger charge is -1.83. The Hall–Kier alpha value is -1.43. The van der Waals surface area contributed by atoms with Gasteiger partial charge in [-0.1, -0.05) is 4.98 Å². The summed E-state index contributed by atoms with van der Waals surface area (Å²) in [5.41, 5.74) is 0. The molecule has 0 aliphatic heterocycles. The molecule has 6 nitrogen and oxygen atoms in total. The fourth-order valence-corrected chi connectivity index (χ4v) is 0.357. The standard InChI is InChI=1S/C3H3N3O2.C2H6O/c7-6(8)3-4-1-2-5-3;1-2-3/h1-2H,(H,4,5);3H,2H2,1H3. The fourth-order valence-electron chi connectivity index (χ4n) is 0.357. The first-order valence-electron chi connectivity index (χ1n) is 2.97. The molecule has 62 valence electrons. The van der Waals surface area contributed by atoms with Crippen LogP contribution in [0.4, 0.5) is 5.95 Å². The summed E-state index contributed by atoms with van der Waals surface area (Å²) < 4.78 is 0. The molecule has 0 aromatic carbocycles. The Morgan fingerprint density at radius 3 is 2.64 bits per heavy atom. The molecule has 1 aromatic heterocycles. The number of aliphatic hydroxyl groups is 1. The normalized spacial score (nSPS) is 8.18. The molecule has 6 heteroatoms. The van der Waals surface area contributed by atoms with E-state index in [1.54, 1.807) is 6.92 Å². The molecule has 0 amide bonds. The van der Waals surface area contributed by atoms with Crippen LogP contribution in [0, 0.1) is 10.1 Å². The van der Waals surface area contributed by atoms with Gasteiger partial charge in [0.25, 0.3) is 0 Å². The summed E-state index contributed by atoms with van der Waals surface area (Å²) in [6.45, 7) is 1.93. The summed E-state index contributed by atoms with van der Waals surface area (Å²) in [4.78, 5) is 14.9. The van der Waals surface area contributed by atoms with Gasteiger partial charge in [-0.15, -0.1) is 0 Å². The van der Waals surface area contributed by atoms with Crippen LogP contribution in [-0.4, -0.2) is 26.6 Å². The van der Waals surface area contributed by atoms with Crippen molar-refractivity contribution >= 4 is 5.95 Å². The van der Waals surface area contributed by atoms with Crippen molar-refractivity contribution < 1.29 is 10.0 Å². The second-order valence-electron chi connectivity index (χ2n) is 1.49. The second-order valence-corrected chi connectivity index (χ2v) is 1.49. The summed E-state index contributed by atoms with van der Waals surface area (Å²) in [6, 6.07) is 0. The summed E-state index contributed by atoms with van der Waals surface area (Å²) in [6.07, 6.45) is 2.73. The monoisotopic (exact) mass is 159 g/mol. The van der Waals surface area contributed by atoms with Gasteiger partial charge in [-0.2, -0.15) is 0 Å². The molecule has 11 heavy (non-hydrogen) atoms. The minimum absolute atomic E-state index is 0.218. The molecule has 0 aliphatic rings. The molecule has 0 unspecified atom stereocenters. The molecule has 0 saturated heterocycles. The van der Waals surface area contributed by atoms with Gasteiger partial charge in [-0.25, -0.2) is 4.98 Å². The quantitative estimate of drug-likeness (QED) is 0.455. The molecular weight excluding hydrogens is 150 g/mol. The van der Waals surface area contributed by atoms with Crippen LogP contribution >= 0.6 is 0 Å². The molecule has 2 N–H and O–H groups in total. The SMILES string of the molecule is CCO.O=[N+]([O-])c1ncc[nH]1. The van der Waals surface area contributed by atoms with Crippen molar-refractivity contribution in [3.05, 3.63) is 22.5 Å². The van der Waals surface area contributed by atoms with E-state index in [9.17, 15) is 10.1 Å². The summed E-state index contributed by atoms with van der Waals surface area (Å²) in [7, 11) is 0. The van der Waals surface area contributed by atoms with E-state index in [2.05, 4.69) is 9.97 Å². The Morgan fingerprint density at radius 2 is 2.45 bits per heavy atom. The predicted octanol–water partition coefficient (Wildman–Crippen LogP) is 0.316. The summed E-state index contributed by atoms with van der Waals surface area (Å²) in [5.74, 6) is -0.218. The first kappa shape index (κ1) is 9.57. The van der Waals surface area contributed by atoms with E-state index in [1.165, 1.54) is 12.4 Å². The van der Waals surface area contributed by atoms with E-state index < -0.39 is 4.92 Å². The first-order valence-corrected chi connectivity index (χ1v) is 2.97. The van der Waals surface area contributed by atoms with Gasteiger partial charge in [0, 0.05) is 6.61 Å². The Morgan fingerprint density at radius 1 is 1.91 bits per heavy atom. The molecule has 0 radical (unpaired) electrons. The maximum Gasteiger partial charge on any atom is 0.432 e. The van der Waals surface area contributed by atoms with E-state index in [4.69, 9.17) is 5.11 Å². The molecule has 1 rings (SSSR count). The Kier molecular flexibility index (Phi) is 4.67. The van der Waals surface area contributed by atoms with Gasteiger partial charge in [0.2, 0.25) is 0 Å². The number of imidazole rings is 1. The molecule has 0 bridgehead atoms. The summed E-state index contributed by atoms with van der Waals surface area (Å²) >= 11 is 0. The second kappa shape index (κ2) is 5.36. The lowest BCUT2D eigenvalue weighted by Crippen LogP contribution is -1.88. The minimum Gasteiger partial charge on any atom is -0.397 e. The number of hydrogen-bond donors (Lipinski definition) is 2. The van der Waals surface area contributed by atoms with Crippen molar-refractivity contribution in [2.45, 2.75) is 6.92 Å². The maximum absolute atomic E-state index is 9.77. The average Bonchev–Trinajstić information content (AvgIpc) is 2.38. The van der Waals surface area contributed by atoms with Crippen LogP contribution in [0.1, 0.15) is 6.92 Å². The molecule has 0 saturated carbocycles. The number of aliphatic hydroxyl groups excluding tert-OH is 1. The van der Waals surface area contributed by atoms with Crippen molar-refractivity contribution in [3.8, 4) is 0 Å². The Balaban J connectivity index is 0.000000292.